The van der Waals surface area contributed by atoms with Crippen molar-refractivity contribution in [3.05, 3.63) is 24.3 Å². The summed E-state index contributed by atoms with van der Waals surface area (Å²) in [6.45, 7) is 3.04. The van der Waals surface area contributed by atoms with Crippen LogP contribution >= 0.6 is 0 Å². The molecule has 1 aliphatic heterocycles. The van der Waals surface area contributed by atoms with E-state index in [1.807, 2.05) is 6.08 Å². The van der Waals surface area contributed by atoms with E-state index in [4.69, 9.17) is 9.84 Å². The van der Waals surface area contributed by atoms with E-state index in [0.717, 1.165) is 38.7 Å². The Balaban J connectivity index is 1.78. The Morgan fingerprint density at radius 2 is 2.12 bits per heavy atom. The van der Waals surface area contributed by atoms with Crippen LogP contribution in [0.1, 0.15) is 64.7 Å². The van der Waals surface area contributed by atoms with Crippen LogP contribution in [-0.4, -0.2) is 35.0 Å². The zero-order chi connectivity index (χ0) is 18.1. The molecule has 0 aromatic heterocycles. The van der Waals surface area contributed by atoms with E-state index in [1.54, 1.807) is 0 Å². The van der Waals surface area contributed by atoms with Crippen molar-refractivity contribution in [2.24, 2.45) is 17.8 Å². The summed E-state index contributed by atoms with van der Waals surface area (Å²) in [4.78, 5) is 10.5. The highest BCUT2D eigenvalue weighted by Crippen LogP contribution is 2.47. The number of unbranched alkanes of at least 4 members (excludes halogenated alkanes) is 3. The Morgan fingerprint density at radius 1 is 1.28 bits per heavy atom. The molecule has 2 fully saturated rings. The van der Waals surface area contributed by atoms with Crippen molar-refractivity contribution >= 4 is 5.97 Å². The third-order valence-corrected chi connectivity index (χ3v) is 5.58. The minimum absolute atomic E-state index is 0.244. The first-order valence-corrected chi connectivity index (χ1v) is 9.96. The van der Waals surface area contributed by atoms with E-state index < -0.39 is 5.97 Å². The third-order valence-electron chi connectivity index (χ3n) is 5.58. The first-order chi connectivity index (χ1) is 12.1. The zero-order valence-electron chi connectivity index (χ0n) is 15.5. The van der Waals surface area contributed by atoms with Gasteiger partial charge in [-0.15, -0.1) is 0 Å². The molecule has 142 valence electrons. The number of allylic oxidation sites excluding steroid dienone is 2. The van der Waals surface area contributed by atoms with Gasteiger partial charge in [0.15, 0.2) is 0 Å². The van der Waals surface area contributed by atoms with Crippen molar-refractivity contribution in [3.8, 4) is 0 Å². The quantitative estimate of drug-likeness (QED) is 0.406. The Morgan fingerprint density at radius 3 is 2.88 bits per heavy atom. The summed E-state index contributed by atoms with van der Waals surface area (Å²) in [6, 6.07) is 0. The van der Waals surface area contributed by atoms with Crippen LogP contribution < -0.4 is 0 Å². The number of aliphatic hydroxyl groups is 1. The summed E-state index contributed by atoms with van der Waals surface area (Å²) in [6.07, 6.45) is 16.7. The molecule has 25 heavy (non-hydrogen) atoms. The second-order valence-corrected chi connectivity index (χ2v) is 7.55. The predicted octanol–water partition coefficient (Wildman–Crippen LogP) is 4.34. The summed E-state index contributed by atoms with van der Waals surface area (Å²) in [7, 11) is 0. The molecule has 0 radical (unpaired) electrons. The third kappa shape index (κ3) is 6.59. The minimum atomic E-state index is -0.721. The Kier molecular flexibility index (Phi) is 8.70. The Hall–Kier alpha value is -1.13. The molecule has 1 heterocycles. The fourth-order valence-electron chi connectivity index (χ4n) is 4.15. The number of carboxylic acids is 1. The fourth-order valence-corrected chi connectivity index (χ4v) is 4.15. The highest BCUT2D eigenvalue weighted by molar-refractivity contribution is 5.66. The van der Waals surface area contributed by atoms with Gasteiger partial charge >= 0.3 is 5.97 Å². The molecule has 0 amide bonds. The van der Waals surface area contributed by atoms with Gasteiger partial charge in [-0.25, -0.2) is 0 Å². The van der Waals surface area contributed by atoms with E-state index in [0.29, 0.717) is 30.3 Å². The molecule has 1 saturated carbocycles. The first-order valence-electron chi connectivity index (χ1n) is 9.96. The monoisotopic (exact) mass is 350 g/mol. The summed E-state index contributed by atoms with van der Waals surface area (Å²) in [5.74, 6) is 0.902. The van der Waals surface area contributed by atoms with Crippen molar-refractivity contribution in [1.82, 2.24) is 0 Å². The number of hydrogen-bond donors (Lipinski definition) is 2. The Bertz CT molecular complexity index is 457. The molecule has 0 aromatic carbocycles. The number of rotatable bonds is 12. The molecule has 1 saturated heterocycles. The minimum Gasteiger partial charge on any atom is -0.481 e. The molecule has 2 bridgehead atoms. The Labute approximate surface area is 152 Å². The molecule has 2 N–H and O–H groups in total. The summed E-state index contributed by atoms with van der Waals surface area (Å²) in [5.41, 5.74) is 0. The number of carbonyl (C=O) groups is 1. The highest BCUT2D eigenvalue weighted by Gasteiger charge is 2.46. The van der Waals surface area contributed by atoms with Gasteiger partial charge in [-0.05, 0) is 43.9 Å². The topological polar surface area (TPSA) is 66.8 Å². The highest BCUT2D eigenvalue weighted by atomic mass is 16.5. The van der Waals surface area contributed by atoms with Crippen molar-refractivity contribution in [1.29, 1.82) is 0 Å². The maximum Gasteiger partial charge on any atom is 0.303 e. The van der Waals surface area contributed by atoms with E-state index >= 15 is 0 Å². The lowest BCUT2D eigenvalue weighted by Crippen LogP contribution is -2.27. The molecule has 2 rings (SSSR count). The van der Waals surface area contributed by atoms with Crippen LogP contribution in [0.2, 0.25) is 0 Å². The van der Waals surface area contributed by atoms with Crippen molar-refractivity contribution in [3.63, 3.8) is 0 Å². The van der Waals surface area contributed by atoms with Crippen LogP contribution in [0.25, 0.3) is 0 Å². The second kappa shape index (κ2) is 10.8. The lowest BCUT2D eigenvalue weighted by Gasteiger charge is -2.28. The normalized spacial score (nSPS) is 29.8. The predicted molar refractivity (Wildman–Crippen MR) is 99.4 cm³/mol. The van der Waals surface area contributed by atoms with Crippen molar-refractivity contribution in [2.75, 3.05) is 6.61 Å². The number of carboxylic acid groups (broad SMARTS) is 1. The van der Waals surface area contributed by atoms with Gasteiger partial charge in [0.25, 0.3) is 0 Å². The molecule has 0 aromatic rings. The first kappa shape index (κ1) is 20.2. The zero-order valence-corrected chi connectivity index (χ0v) is 15.5. The van der Waals surface area contributed by atoms with Gasteiger partial charge in [0.1, 0.15) is 0 Å². The number of aliphatic hydroxyl groups excluding tert-OH is 1. The molecule has 0 unspecified atom stereocenters. The summed E-state index contributed by atoms with van der Waals surface area (Å²) >= 11 is 0. The van der Waals surface area contributed by atoms with Crippen molar-refractivity contribution in [2.45, 2.75) is 76.9 Å². The average molecular weight is 350 g/mol. The fraction of sp³-hybridized carbons (Fsp3) is 0.762. The summed E-state index contributed by atoms with van der Waals surface area (Å²) < 4.78 is 5.87. The maximum atomic E-state index is 10.5. The largest absolute Gasteiger partial charge is 0.481 e. The molecule has 1 aliphatic carbocycles. The van der Waals surface area contributed by atoms with Gasteiger partial charge < -0.3 is 14.9 Å². The standard InChI is InChI=1S/C21H34O4/c1-2-3-6-9-17(22)12-13-19-18(16-14-20(19)25-15-16)10-7-4-5-8-11-21(23)24/h4,7,12-13,16-20,22H,2-3,5-6,8-11,14-15H2,1H3,(H,23,24)/b7-4-,13-12+/t16-,17-,18-,19+,20+/m0/s1. The number of fused-ring (bicyclic) bond motifs is 2. The summed E-state index contributed by atoms with van der Waals surface area (Å²) in [5, 5.41) is 18.8. The average Bonchev–Trinajstić information content (AvgIpc) is 3.17. The van der Waals surface area contributed by atoms with Gasteiger partial charge in [-0.1, -0.05) is 50.5 Å². The molecule has 4 heteroatoms. The molecular formula is C21H34O4. The van der Waals surface area contributed by atoms with Crippen LogP contribution in [0.4, 0.5) is 0 Å². The second-order valence-electron chi connectivity index (χ2n) is 7.55. The van der Waals surface area contributed by atoms with Gasteiger partial charge in [-0.2, -0.15) is 0 Å². The van der Waals surface area contributed by atoms with Crippen LogP contribution in [-0.2, 0) is 9.53 Å². The number of ether oxygens (including phenoxy) is 1. The molecular weight excluding hydrogens is 316 g/mol. The van der Waals surface area contributed by atoms with E-state index in [9.17, 15) is 9.90 Å². The maximum absolute atomic E-state index is 10.5. The molecule has 2 aliphatic rings. The van der Waals surface area contributed by atoms with Crippen molar-refractivity contribution < 1.29 is 19.7 Å². The lowest BCUT2D eigenvalue weighted by atomic mass is 9.84. The number of hydrogen-bond acceptors (Lipinski definition) is 3. The number of aliphatic carboxylic acids is 1. The van der Waals surface area contributed by atoms with Gasteiger partial charge in [0.2, 0.25) is 0 Å². The van der Waals surface area contributed by atoms with Gasteiger partial charge in [-0.3, -0.25) is 4.79 Å². The smallest absolute Gasteiger partial charge is 0.303 e. The molecule has 5 atom stereocenters. The SMILES string of the molecule is CCCCC[C@H](O)/C=C/[C@@H]1[C@@H](C/C=C\CCCC(=O)O)[C@@H]2CO[C@@H]1C2. The van der Waals surface area contributed by atoms with Gasteiger partial charge in [0, 0.05) is 12.3 Å². The van der Waals surface area contributed by atoms with Crippen LogP contribution in [0, 0.1) is 17.8 Å². The van der Waals surface area contributed by atoms with E-state index in [2.05, 4.69) is 25.2 Å². The van der Waals surface area contributed by atoms with Crippen LogP contribution in [0.5, 0.6) is 0 Å². The van der Waals surface area contributed by atoms with Crippen LogP contribution in [0.3, 0.4) is 0 Å². The van der Waals surface area contributed by atoms with Gasteiger partial charge in [0.05, 0.1) is 18.8 Å². The van der Waals surface area contributed by atoms with E-state index in [-0.39, 0.29) is 12.5 Å². The lowest BCUT2D eigenvalue weighted by molar-refractivity contribution is -0.137. The van der Waals surface area contributed by atoms with E-state index in [1.165, 1.54) is 12.8 Å². The molecule has 0 spiro atoms. The van der Waals surface area contributed by atoms with Crippen LogP contribution in [0.15, 0.2) is 24.3 Å². The molecule has 4 nitrogen and oxygen atoms in total.